The quantitative estimate of drug-likeness (QED) is 0.760. The average molecular weight is 315 g/mol. The summed E-state index contributed by atoms with van der Waals surface area (Å²) in [7, 11) is 3.51. The van der Waals surface area contributed by atoms with E-state index >= 15 is 0 Å². The van der Waals surface area contributed by atoms with Crippen molar-refractivity contribution in [2.24, 2.45) is 0 Å². The van der Waals surface area contributed by atoms with Crippen LogP contribution in [0.25, 0.3) is 0 Å². The molecule has 4 nitrogen and oxygen atoms in total. The molecule has 0 spiro atoms. The molecule has 0 aliphatic rings. The van der Waals surface area contributed by atoms with Gasteiger partial charge in [-0.25, -0.2) is 0 Å². The average Bonchev–Trinajstić information content (AvgIpc) is 2.34. The van der Waals surface area contributed by atoms with Crippen LogP contribution in [0.15, 0.2) is 22.7 Å². The Balaban J connectivity index is 2.65. The molecule has 0 saturated carbocycles. The minimum absolute atomic E-state index is 0.0284. The Kier molecular flexibility index (Phi) is 6.93. The molecule has 2 N–H and O–H groups in total. The fourth-order valence-electron chi connectivity index (χ4n) is 1.61. The number of hydrogen-bond donors (Lipinski definition) is 2. The van der Waals surface area contributed by atoms with Gasteiger partial charge in [-0.05, 0) is 32.1 Å². The van der Waals surface area contributed by atoms with Crippen molar-refractivity contribution in [1.82, 2.24) is 5.32 Å². The summed E-state index contributed by atoms with van der Waals surface area (Å²) >= 11 is 3.46. The van der Waals surface area contributed by atoms with E-state index in [0.717, 1.165) is 28.7 Å². The third-order valence-corrected chi connectivity index (χ3v) is 3.26. The molecule has 0 unspecified atom stereocenters. The van der Waals surface area contributed by atoms with Gasteiger partial charge in [-0.15, -0.1) is 0 Å². The number of rotatable bonds is 7. The number of amides is 1. The van der Waals surface area contributed by atoms with E-state index in [1.165, 1.54) is 0 Å². The minimum Gasteiger partial charge on any atom is -0.380 e. The molecule has 0 saturated heterocycles. The van der Waals surface area contributed by atoms with E-state index in [-0.39, 0.29) is 5.91 Å². The van der Waals surface area contributed by atoms with Crippen molar-refractivity contribution in [3.63, 3.8) is 0 Å². The zero-order chi connectivity index (χ0) is 13.4. The Hall–Kier alpha value is -0.910. The lowest BCUT2D eigenvalue weighted by Crippen LogP contribution is -2.16. The number of carbonyl (C=O) groups is 1. The molecule has 100 valence electrons. The summed E-state index contributed by atoms with van der Waals surface area (Å²) in [6.45, 7) is 1.31. The number of carbonyl (C=O) groups excluding carboxylic acids is 1. The molecule has 18 heavy (non-hydrogen) atoms. The topological polar surface area (TPSA) is 50.4 Å². The third kappa shape index (κ3) is 4.76. The molecule has 0 aliphatic heterocycles. The third-order valence-electron chi connectivity index (χ3n) is 2.51. The van der Waals surface area contributed by atoms with Crippen molar-refractivity contribution in [2.75, 3.05) is 26.0 Å². The molecule has 1 aromatic carbocycles. The summed E-state index contributed by atoms with van der Waals surface area (Å²) in [6.07, 6.45) is 1.34. The lowest BCUT2D eigenvalue weighted by molar-refractivity contribution is -0.116. The fourth-order valence-corrected chi connectivity index (χ4v) is 2.09. The first-order valence-corrected chi connectivity index (χ1v) is 6.69. The zero-order valence-corrected chi connectivity index (χ0v) is 12.3. The van der Waals surface area contributed by atoms with Crippen molar-refractivity contribution < 1.29 is 9.53 Å². The SMILES string of the molecule is CNCCCC(=O)Nc1cccc(Br)c1COC. The highest BCUT2D eigenvalue weighted by Crippen LogP contribution is 2.25. The van der Waals surface area contributed by atoms with Crippen molar-refractivity contribution in [3.05, 3.63) is 28.2 Å². The molecule has 1 aromatic rings. The summed E-state index contributed by atoms with van der Waals surface area (Å²) < 4.78 is 6.08. The van der Waals surface area contributed by atoms with Gasteiger partial charge in [0, 0.05) is 29.3 Å². The number of hydrogen-bond acceptors (Lipinski definition) is 3. The van der Waals surface area contributed by atoms with E-state index in [0.29, 0.717) is 13.0 Å². The zero-order valence-electron chi connectivity index (χ0n) is 10.8. The van der Waals surface area contributed by atoms with Crippen LogP contribution < -0.4 is 10.6 Å². The van der Waals surface area contributed by atoms with Crippen LogP contribution >= 0.6 is 15.9 Å². The van der Waals surface area contributed by atoms with Crippen LogP contribution in [0.5, 0.6) is 0 Å². The van der Waals surface area contributed by atoms with Crippen LogP contribution in [0.1, 0.15) is 18.4 Å². The predicted octanol–water partition coefficient (Wildman–Crippen LogP) is 2.53. The monoisotopic (exact) mass is 314 g/mol. The van der Waals surface area contributed by atoms with Gasteiger partial charge in [0.2, 0.25) is 5.91 Å². The highest BCUT2D eigenvalue weighted by Gasteiger charge is 2.09. The van der Waals surface area contributed by atoms with Crippen molar-refractivity contribution in [2.45, 2.75) is 19.4 Å². The van der Waals surface area contributed by atoms with Gasteiger partial charge < -0.3 is 15.4 Å². The maximum Gasteiger partial charge on any atom is 0.224 e. The molecule has 0 atom stereocenters. The molecule has 0 fully saturated rings. The van der Waals surface area contributed by atoms with Crippen molar-refractivity contribution in [1.29, 1.82) is 0 Å². The number of nitrogens with one attached hydrogen (secondary N) is 2. The molecule has 0 heterocycles. The van der Waals surface area contributed by atoms with E-state index in [2.05, 4.69) is 26.6 Å². The van der Waals surface area contributed by atoms with Crippen LogP contribution in [0, 0.1) is 0 Å². The number of methoxy groups -OCH3 is 1. The summed E-state index contributed by atoms with van der Waals surface area (Å²) in [6, 6.07) is 5.71. The molecule has 5 heteroatoms. The van der Waals surface area contributed by atoms with Gasteiger partial charge in [0.25, 0.3) is 0 Å². The smallest absolute Gasteiger partial charge is 0.224 e. The second-order valence-corrected chi connectivity index (χ2v) is 4.81. The molecular weight excluding hydrogens is 296 g/mol. The largest absolute Gasteiger partial charge is 0.380 e. The minimum atomic E-state index is 0.0284. The first-order chi connectivity index (χ1) is 8.69. The maximum absolute atomic E-state index is 11.8. The molecule has 1 rings (SSSR count). The molecular formula is C13H19BrN2O2. The second kappa shape index (κ2) is 8.24. The Morgan fingerprint density at radius 2 is 2.22 bits per heavy atom. The molecule has 1 amide bonds. The van der Waals surface area contributed by atoms with Gasteiger partial charge >= 0.3 is 0 Å². The van der Waals surface area contributed by atoms with Crippen molar-refractivity contribution in [3.8, 4) is 0 Å². The van der Waals surface area contributed by atoms with Gasteiger partial charge in [0.05, 0.1) is 6.61 Å². The van der Waals surface area contributed by atoms with Crippen LogP contribution in [0.4, 0.5) is 5.69 Å². The Morgan fingerprint density at radius 3 is 2.89 bits per heavy atom. The molecule has 0 bridgehead atoms. The highest BCUT2D eigenvalue weighted by molar-refractivity contribution is 9.10. The van der Waals surface area contributed by atoms with Gasteiger partial charge in [-0.2, -0.15) is 0 Å². The Bertz CT molecular complexity index is 397. The highest BCUT2D eigenvalue weighted by atomic mass is 79.9. The fraction of sp³-hybridized carbons (Fsp3) is 0.462. The van der Waals surface area contributed by atoms with Crippen LogP contribution in [0.2, 0.25) is 0 Å². The maximum atomic E-state index is 11.8. The Morgan fingerprint density at radius 1 is 1.44 bits per heavy atom. The molecule has 0 aromatic heterocycles. The van der Waals surface area contributed by atoms with Gasteiger partial charge in [-0.3, -0.25) is 4.79 Å². The van der Waals surface area contributed by atoms with E-state index in [1.807, 2.05) is 25.2 Å². The van der Waals surface area contributed by atoms with Crippen molar-refractivity contribution >= 4 is 27.5 Å². The molecule has 0 radical (unpaired) electrons. The van der Waals surface area contributed by atoms with Crippen LogP contribution in [-0.2, 0) is 16.1 Å². The lowest BCUT2D eigenvalue weighted by Gasteiger charge is -2.12. The van der Waals surface area contributed by atoms with E-state index < -0.39 is 0 Å². The normalized spacial score (nSPS) is 10.4. The molecule has 0 aliphatic carbocycles. The first kappa shape index (κ1) is 15.1. The summed E-state index contributed by atoms with van der Waals surface area (Å²) in [4.78, 5) is 11.8. The van der Waals surface area contributed by atoms with Crippen LogP contribution in [-0.4, -0.2) is 26.6 Å². The van der Waals surface area contributed by atoms with Gasteiger partial charge in [0.1, 0.15) is 0 Å². The standard InChI is InChI=1S/C13H19BrN2O2/c1-15-8-4-7-13(17)16-12-6-3-5-11(14)10(12)9-18-2/h3,5-6,15H,4,7-9H2,1-2H3,(H,16,17). The first-order valence-electron chi connectivity index (χ1n) is 5.89. The van der Waals surface area contributed by atoms with Gasteiger partial charge in [0.15, 0.2) is 0 Å². The number of halogens is 1. The van der Waals surface area contributed by atoms with E-state index in [1.54, 1.807) is 7.11 Å². The second-order valence-electron chi connectivity index (χ2n) is 3.95. The summed E-state index contributed by atoms with van der Waals surface area (Å²) in [5.74, 6) is 0.0284. The van der Waals surface area contributed by atoms with E-state index in [9.17, 15) is 4.79 Å². The predicted molar refractivity (Wildman–Crippen MR) is 76.6 cm³/mol. The summed E-state index contributed by atoms with van der Waals surface area (Å²) in [5.41, 5.74) is 1.77. The number of anilines is 1. The lowest BCUT2D eigenvalue weighted by atomic mass is 10.2. The van der Waals surface area contributed by atoms with Crippen LogP contribution in [0.3, 0.4) is 0 Å². The summed E-state index contributed by atoms with van der Waals surface area (Å²) in [5, 5.41) is 5.94. The van der Waals surface area contributed by atoms with Gasteiger partial charge in [-0.1, -0.05) is 22.0 Å². The number of ether oxygens (including phenoxy) is 1. The number of benzene rings is 1. The van der Waals surface area contributed by atoms with E-state index in [4.69, 9.17) is 4.74 Å². The Labute approximate surface area is 116 Å².